The monoisotopic (exact) mass is 539 g/mol. The summed E-state index contributed by atoms with van der Waals surface area (Å²) < 4.78 is 41.7. The van der Waals surface area contributed by atoms with E-state index >= 15 is 0 Å². The number of halogens is 4. The molecule has 1 amide bonds. The summed E-state index contributed by atoms with van der Waals surface area (Å²) >= 11 is 6.35. The van der Waals surface area contributed by atoms with Gasteiger partial charge in [-0.3, -0.25) is 4.79 Å². The lowest BCUT2D eigenvalue weighted by Gasteiger charge is -2.37. The van der Waals surface area contributed by atoms with Crippen molar-refractivity contribution in [2.24, 2.45) is 0 Å². The topological polar surface area (TPSA) is 28.5 Å². The molecule has 1 aliphatic heterocycles. The van der Waals surface area contributed by atoms with E-state index in [0.717, 1.165) is 34.6 Å². The highest BCUT2D eigenvalue weighted by atomic mass is 35.5. The van der Waals surface area contributed by atoms with Crippen LogP contribution in [-0.4, -0.2) is 41.6 Å². The van der Waals surface area contributed by atoms with Gasteiger partial charge in [0.1, 0.15) is 0 Å². The number of carbonyl (C=O) groups is 1. The lowest BCUT2D eigenvalue weighted by atomic mass is 9.87. The summed E-state index contributed by atoms with van der Waals surface area (Å²) in [5, 5.41) is 1.73. The Bertz CT molecular complexity index is 1440. The highest BCUT2D eigenvalue weighted by molar-refractivity contribution is 6.30. The predicted octanol–water partition coefficient (Wildman–Crippen LogP) is 7.20. The molecule has 38 heavy (non-hydrogen) atoms. The van der Waals surface area contributed by atoms with Crippen molar-refractivity contribution in [2.75, 3.05) is 31.1 Å². The minimum Gasteiger partial charge on any atom is -0.368 e. The van der Waals surface area contributed by atoms with Crippen LogP contribution in [0.5, 0.6) is 0 Å². The van der Waals surface area contributed by atoms with Gasteiger partial charge in [0.15, 0.2) is 0 Å². The maximum absolute atomic E-state index is 13.6. The van der Waals surface area contributed by atoms with E-state index in [-0.39, 0.29) is 18.2 Å². The number of piperazine rings is 1. The summed E-state index contributed by atoms with van der Waals surface area (Å²) in [6.07, 6.45) is -1.97. The van der Waals surface area contributed by atoms with Crippen molar-refractivity contribution in [1.29, 1.82) is 0 Å². The number of alkyl halides is 3. The highest BCUT2D eigenvalue weighted by Gasteiger charge is 2.32. The van der Waals surface area contributed by atoms with Crippen LogP contribution in [0.3, 0.4) is 0 Å². The van der Waals surface area contributed by atoms with Gasteiger partial charge in [-0.1, -0.05) is 48.0 Å². The van der Waals surface area contributed by atoms with E-state index in [1.165, 1.54) is 12.1 Å². The first-order chi connectivity index (χ1) is 18.2. The molecular formula is C30H29ClF3N3O. The molecule has 0 N–H and O–H groups in total. The van der Waals surface area contributed by atoms with Gasteiger partial charge in [0.25, 0.3) is 0 Å². The summed E-state index contributed by atoms with van der Waals surface area (Å²) in [5.41, 5.74) is 3.05. The number of benzene rings is 3. The van der Waals surface area contributed by atoms with Crippen LogP contribution >= 0.6 is 11.6 Å². The third kappa shape index (κ3) is 5.39. The van der Waals surface area contributed by atoms with Gasteiger partial charge in [0.2, 0.25) is 5.91 Å². The van der Waals surface area contributed by atoms with Crippen LogP contribution in [0.15, 0.2) is 79.0 Å². The fraction of sp³-hybridized carbons (Fsp3) is 0.300. The Morgan fingerprint density at radius 1 is 0.947 bits per heavy atom. The maximum atomic E-state index is 13.6. The summed E-state index contributed by atoms with van der Waals surface area (Å²) in [5.74, 6) is -0.160. The molecule has 0 spiro atoms. The molecule has 0 aliphatic carbocycles. The van der Waals surface area contributed by atoms with Crippen LogP contribution < -0.4 is 4.90 Å². The van der Waals surface area contributed by atoms with Crippen molar-refractivity contribution in [3.63, 3.8) is 0 Å². The fourth-order valence-electron chi connectivity index (χ4n) is 5.34. The molecule has 0 saturated carbocycles. The Labute approximate surface area is 225 Å². The third-order valence-corrected chi connectivity index (χ3v) is 7.57. The standard InChI is InChI=1S/C30H29ClF3N3O/c1-2-35-20-27(25-11-3-4-12-28(25)35)26(21-7-5-9-23(31)17-21)19-29(38)37-15-13-36(14-16-37)24-10-6-8-22(18-24)30(32,33)34/h3-12,17-18,20,26H,2,13-16,19H2,1H3. The van der Waals surface area contributed by atoms with E-state index in [1.54, 1.807) is 6.07 Å². The van der Waals surface area contributed by atoms with Crippen molar-refractivity contribution in [2.45, 2.75) is 32.0 Å². The first-order valence-electron chi connectivity index (χ1n) is 12.8. The Morgan fingerprint density at radius 3 is 2.39 bits per heavy atom. The zero-order valence-corrected chi connectivity index (χ0v) is 21.8. The third-order valence-electron chi connectivity index (χ3n) is 7.34. The molecule has 0 bridgehead atoms. The zero-order valence-electron chi connectivity index (χ0n) is 21.1. The maximum Gasteiger partial charge on any atom is 0.416 e. The SMILES string of the molecule is CCn1cc(C(CC(=O)N2CCN(c3cccc(C(F)(F)F)c3)CC2)c2cccc(Cl)c2)c2ccccc21. The van der Waals surface area contributed by atoms with Gasteiger partial charge in [0, 0.05) is 72.9 Å². The highest BCUT2D eigenvalue weighted by Crippen LogP contribution is 2.36. The largest absolute Gasteiger partial charge is 0.416 e. The smallest absolute Gasteiger partial charge is 0.368 e. The summed E-state index contributed by atoms with van der Waals surface area (Å²) in [4.78, 5) is 17.3. The fourth-order valence-corrected chi connectivity index (χ4v) is 5.54. The molecule has 3 aromatic carbocycles. The van der Waals surface area contributed by atoms with Gasteiger partial charge in [-0.25, -0.2) is 0 Å². The first-order valence-corrected chi connectivity index (χ1v) is 13.2. The summed E-state index contributed by atoms with van der Waals surface area (Å²) in [6.45, 7) is 4.77. The zero-order chi connectivity index (χ0) is 26.9. The number of hydrogen-bond acceptors (Lipinski definition) is 2. The molecule has 4 nitrogen and oxygen atoms in total. The van der Waals surface area contributed by atoms with Gasteiger partial charge in [-0.05, 0) is 54.4 Å². The number of fused-ring (bicyclic) bond motifs is 1. The average Bonchev–Trinajstić information content (AvgIpc) is 3.30. The van der Waals surface area contributed by atoms with Crippen molar-refractivity contribution in [3.05, 3.63) is 101 Å². The number of aromatic nitrogens is 1. The molecule has 198 valence electrons. The summed E-state index contributed by atoms with van der Waals surface area (Å²) in [7, 11) is 0. The second-order valence-electron chi connectivity index (χ2n) is 9.62. The normalized spacial score (nSPS) is 15.2. The van der Waals surface area contributed by atoms with E-state index in [1.807, 2.05) is 46.2 Å². The molecule has 0 radical (unpaired) electrons. The van der Waals surface area contributed by atoms with Crippen LogP contribution in [0.4, 0.5) is 18.9 Å². The number of amides is 1. The molecule has 1 aliphatic rings. The lowest BCUT2D eigenvalue weighted by Crippen LogP contribution is -2.49. The van der Waals surface area contributed by atoms with Gasteiger partial charge in [-0.15, -0.1) is 0 Å². The second kappa shape index (κ2) is 10.7. The van der Waals surface area contributed by atoms with Crippen molar-refractivity contribution < 1.29 is 18.0 Å². The van der Waals surface area contributed by atoms with Gasteiger partial charge in [-0.2, -0.15) is 13.2 Å². The Morgan fingerprint density at radius 2 is 1.68 bits per heavy atom. The lowest BCUT2D eigenvalue weighted by molar-refractivity contribution is -0.137. The Balaban J connectivity index is 1.37. The minimum atomic E-state index is -4.38. The van der Waals surface area contributed by atoms with E-state index in [0.29, 0.717) is 36.9 Å². The molecular weight excluding hydrogens is 511 g/mol. The second-order valence-corrected chi connectivity index (χ2v) is 10.1. The van der Waals surface area contributed by atoms with E-state index in [2.05, 4.69) is 29.8 Å². The number of carbonyl (C=O) groups excluding carboxylic acids is 1. The molecule has 8 heteroatoms. The predicted molar refractivity (Wildman–Crippen MR) is 146 cm³/mol. The molecule has 1 unspecified atom stereocenters. The van der Waals surface area contributed by atoms with Crippen LogP contribution in [0.25, 0.3) is 10.9 Å². The molecule has 1 atom stereocenters. The van der Waals surface area contributed by atoms with Gasteiger partial charge in [0.05, 0.1) is 5.56 Å². The first kappa shape index (κ1) is 26.2. The van der Waals surface area contributed by atoms with Crippen molar-refractivity contribution >= 4 is 34.1 Å². The van der Waals surface area contributed by atoms with E-state index in [4.69, 9.17) is 11.6 Å². The minimum absolute atomic E-state index is 0.0204. The number of para-hydroxylation sites is 1. The van der Waals surface area contributed by atoms with Crippen LogP contribution in [0, 0.1) is 0 Å². The van der Waals surface area contributed by atoms with Crippen molar-refractivity contribution in [1.82, 2.24) is 9.47 Å². The molecule has 5 rings (SSSR count). The molecule has 1 saturated heterocycles. The van der Waals surface area contributed by atoms with Crippen LogP contribution in [-0.2, 0) is 17.5 Å². The van der Waals surface area contributed by atoms with Gasteiger partial charge < -0.3 is 14.4 Å². The number of anilines is 1. The van der Waals surface area contributed by atoms with Gasteiger partial charge >= 0.3 is 6.18 Å². The number of rotatable bonds is 6. The number of hydrogen-bond donors (Lipinski definition) is 0. The quantitative estimate of drug-likeness (QED) is 0.259. The molecule has 2 heterocycles. The van der Waals surface area contributed by atoms with Crippen LogP contribution in [0.1, 0.15) is 36.0 Å². The van der Waals surface area contributed by atoms with Crippen molar-refractivity contribution in [3.8, 4) is 0 Å². The van der Waals surface area contributed by atoms with Crippen LogP contribution in [0.2, 0.25) is 5.02 Å². The Hall–Kier alpha value is -3.45. The molecule has 1 aromatic heterocycles. The number of nitrogens with zero attached hydrogens (tertiary/aromatic N) is 3. The molecule has 4 aromatic rings. The Kier molecular flexibility index (Phi) is 7.39. The molecule has 1 fully saturated rings. The number of aryl methyl sites for hydroxylation is 1. The average molecular weight is 540 g/mol. The summed E-state index contributed by atoms with van der Waals surface area (Å²) in [6, 6.07) is 21.2. The van der Waals surface area contributed by atoms with E-state index < -0.39 is 11.7 Å². The van der Waals surface area contributed by atoms with E-state index in [9.17, 15) is 18.0 Å².